The van der Waals surface area contributed by atoms with Gasteiger partial charge in [-0.3, -0.25) is 4.79 Å². The van der Waals surface area contributed by atoms with Gasteiger partial charge in [-0.05, 0) is 54.8 Å². The van der Waals surface area contributed by atoms with E-state index in [1.807, 2.05) is 55.5 Å². The van der Waals surface area contributed by atoms with Crippen molar-refractivity contribution in [2.45, 2.75) is 32.7 Å². The maximum absolute atomic E-state index is 12.0. The number of nitrogens with one attached hydrogen (secondary N) is 1. The van der Waals surface area contributed by atoms with Crippen molar-refractivity contribution in [2.75, 3.05) is 20.3 Å². The lowest BCUT2D eigenvalue weighted by atomic mass is 10.0. The van der Waals surface area contributed by atoms with E-state index in [1.165, 1.54) is 5.56 Å². The van der Waals surface area contributed by atoms with Gasteiger partial charge in [-0.1, -0.05) is 26.0 Å². The van der Waals surface area contributed by atoms with Crippen LogP contribution in [0.3, 0.4) is 0 Å². The minimum absolute atomic E-state index is 0.0199. The Morgan fingerprint density at radius 2 is 1.42 bits per heavy atom. The van der Waals surface area contributed by atoms with E-state index in [4.69, 9.17) is 14.2 Å². The molecule has 0 saturated heterocycles. The highest BCUT2D eigenvalue weighted by Gasteiger charge is 2.09. The van der Waals surface area contributed by atoms with Gasteiger partial charge in [0.2, 0.25) is 0 Å². The van der Waals surface area contributed by atoms with Gasteiger partial charge in [0.05, 0.1) is 13.2 Å². The predicted molar refractivity (Wildman–Crippen MR) is 102 cm³/mol. The molecule has 1 N–H and O–H groups in total. The van der Waals surface area contributed by atoms with Gasteiger partial charge in [0, 0.05) is 0 Å². The van der Waals surface area contributed by atoms with Crippen LogP contribution in [0.15, 0.2) is 48.5 Å². The maximum Gasteiger partial charge on any atom is 0.258 e. The molecule has 1 unspecified atom stereocenters. The van der Waals surface area contributed by atoms with Crippen molar-refractivity contribution >= 4 is 5.91 Å². The van der Waals surface area contributed by atoms with Gasteiger partial charge in [0.25, 0.3) is 5.91 Å². The summed E-state index contributed by atoms with van der Waals surface area (Å²) in [7, 11) is 1.62. The summed E-state index contributed by atoms with van der Waals surface area (Å²) in [5.74, 6) is 2.49. The van der Waals surface area contributed by atoms with Gasteiger partial charge in [-0.15, -0.1) is 0 Å². The minimum Gasteiger partial charge on any atom is -0.497 e. The molecular formula is C21H27NO4. The van der Waals surface area contributed by atoms with Gasteiger partial charge in [0.15, 0.2) is 6.61 Å². The number of hydrogen-bond donors (Lipinski definition) is 1. The molecule has 0 aromatic heterocycles. The van der Waals surface area contributed by atoms with E-state index in [0.717, 1.165) is 11.5 Å². The van der Waals surface area contributed by atoms with Crippen LogP contribution in [0.2, 0.25) is 0 Å². The quantitative estimate of drug-likeness (QED) is 0.742. The Hall–Kier alpha value is -2.69. The highest BCUT2D eigenvalue weighted by atomic mass is 16.5. The minimum atomic E-state index is -0.177. The molecule has 5 heteroatoms. The lowest BCUT2D eigenvalue weighted by Gasteiger charge is -2.15. The molecule has 0 aliphatic heterocycles. The van der Waals surface area contributed by atoms with Crippen molar-refractivity contribution in [3.63, 3.8) is 0 Å². The number of carbonyl (C=O) groups excluding carboxylic acids is 1. The van der Waals surface area contributed by atoms with Crippen LogP contribution in [0.5, 0.6) is 17.2 Å². The first kappa shape index (κ1) is 19.6. The summed E-state index contributed by atoms with van der Waals surface area (Å²) >= 11 is 0. The zero-order valence-electron chi connectivity index (χ0n) is 15.8. The summed E-state index contributed by atoms with van der Waals surface area (Å²) in [6.45, 7) is 6.52. The maximum atomic E-state index is 12.0. The van der Waals surface area contributed by atoms with Crippen LogP contribution >= 0.6 is 0 Å². The van der Waals surface area contributed by atoms with E-state index in [-0.39, 0.29) is 18.6 Å². The number of ether oxygens (including phenoxy) is 3. The van der Waals surface area contributed by atoms with Crippen LogP contribution < -0.4 is 19.5 Å². The van der Waals surface area contributed by atoms with Gasteiger partial charge >= 0.3 is 0 Å². The van der Waals surface area contributed by atoms with Gasteiger partial charge in [-0.2, -0.15) is 0 Å². The summed E-state index contributed by atoms with van der Waals surface area (Å²) in [6, 6.07) is 15.0. The number of benzene rings is 2. The first-order valence-corrected chi connectivity index (χ1v) is 8.77. The SMILES string of the molecule is COc1ccc(OCC(C)NC(=O)COc2ccc(C(C)C)cc2)cc1. The molecule has 1 amide bonds. The van der Waals surface area contributed by atoms with Gasteiger partial charge in [-0.25, -0.2) is 0 Å². The van der Waals surface area contributed by atoms with E-state index in [1.54, 1.807) is 7.11 Å². The average molecular weight is 357 g/mol. The Morgan fingerprint density at radius 3 is 2.00 bits per heavy atom. The molecule has 0 radical (unpaired) electrons. The normalized spacial score (nSPS) is 11.7. The topological polar surface area (TPSA) is 56.8 Å². The Balaban J connectivity index is 1.70. The second-order valence-electron chi connectivity index (χ2n) is 6.47. The lowest BCUT2D eigenvalue weighted by Crippen LogP contribution is -2.39. The van der Waals surface area contributed by atoms with Crippen molar-refractivity contribution in [1.82, 2.24) is 5.32 Å². The molecule has 140 valence electrons. The molecule has 5 nitrogen and oxygen atoms in total. The van der Waals surface area contributed by atoms with Gasteiger partial charge in [0.1, 0.15) is 23.9 Å². The van der Waals surface area contributed by atoms with E-state index in [2.05, 4.69) is 19.2 Å². The third-order valence-electron chi connectivity index (χ3n) is 3.88. The standard InChI is InChI=1S/C21H27NO4/c1-15(2)17-5-7-19(8-6-17)26-14-21(23)22-16(3)13-25-20-11-9-18(24-4)10-12-20/h5-12,15-16H,13-14H2,1-4H3,(H,22,23). The van der Waals surface area contributed by atoms with Gasteiger partial charge < -0.3 is 19.5 Å². The zero-order chi connectivity index (χ0) is 18.9. The Morgan fingerprint density at radius 1 is 0.885 bits per heavy atom. The molecule has 2 aromatic rings. The number of methoxy groups -OCH3 is 1. The molecule has 0 aliphatic rings. The molecule has 0 aliphatic carbocycles. The second-order valence-corrected chi connectivity index (χ2v) is 6.47. The third kappa shape index (κ3) is 6.31. The van der Waals surface area contributed by atoms with E-state index < -0.39 is 0 Å². The monoisotopic (exact) mass is 357 g/mol. The number of rotatable bonds is 9. The molecule has 26 heavy (non-hydrogen) atoms. The second kappa shape index (κ2) is 9.70. The zero-order valence-corrected chi connectivity index (χ0v) is 15.8. The molecule has 0 bridgehead atoms. The molecule has 2 aromatic carbocycles. The van der Waals surface area contributed by atoms with Crippen LogP contribution in [0, 0.1) is 0 Å². The number of carbonyl (C=O) groups is 1. The van der Waals surface area contributed by atoms with Crippen molar-refractivity contribution in [3.05, 3.63) is 54.1 Å². The van der Waals surface area contributed by atoms with Crippen molar-refractivity contribution in [2.24, 2.45) is 0 Å². The Labute approximate surface area is 155 Å². The number of amides is 1. The smallest absolute Gasteiger partial charge is 0.258 e. The molecule has 1 atom stereocenters. The van der Waals surface area contributed by atoms with Crippen molar-refractivity contribution in [1.29, 1.82) is 0 Å². The molecule has 2 rings (SSSR count). The van der Waals surface area contributed by atoms with Crippen molar-refractivity contribution < 1.29 is 19.0 Å². The number of hydrogen-bond acceptors (Lipinski definition) is 4. The highest BCUT2D eigenvalue weighted by Crippen LogP contribution is 2.19. The van der Waals surface area contributed by atoms with E-state index >= 15 is 0 Å². The highest BCUT2D eigenvalue weighted by molar-refractivity contribution is 5.77. The molecule has 0 saturated carbocycles. The molecule has 0 spiro atoms. The predicted octanol–water partition coefficient (Wildman–Crippen LogP) is 3.78. The summed E-state index contributed by atoms with van der Waals surface area (Å²) in [5, 5.41) is 2.86. The molecule has 0 heterocycles. The first-order chi connectivity index (χ1) is 12.5. The fraction of sp³-hybridized carbons (Fsp3) is 0.381. The van der Waals surface area contributed by atoms with Crippen LogP contribution in [0.1, 0.15) is 32.3 Å². The van der Waals surface area contributed by atoms with Crippen molar-refractivity contribution in [3.8, 4) is 17.2 Å². The third-order valence-corrected chi connectivity index (χ3v) is 3.88. The fourth-order valence-corrected chi connectivity index (χ4v) is 2.35. The summed E-state index contributed by atoms with van der Waals surface area (Å²) in [4.78, 5) is 12.0. The fourth-order valence-electron chi connectivity index (χ4n) is 2.35. The van der Waals surface area contributed by atoms with Crippen LogP contribution in [-0.4, -0.2) is 32.3 Å². The average Bonchev–Trinajstić information content (AvgIpc) is 2.65. The van der Waals surface area contributed by atoms with Crippen LogP contribution in [0.25, 0.3) is 0 Å². The Kier molecular flexibility index (Phi) is 7.33. The van der Waals surface area contributed by atoms with E-state index in [0.29, 0.717) is 18.3 Å². The lowest BCUT2D eigenvalue weighted by molar-refractivity contribution is -0.123. The summed E-state index contributed by atoms with van der Waals surface area (Å²) < 4.78 is 16.3. The van der Waals surface area contributed by atoms with E-state index in [9.17, 15) is 4.79 Å². The first-order valence-electron chi connectivity index (χ1n) is 8.77. The van der Waals surface area contributed by atoms with Crippen LogP contribution in [-0.2, 0) is 4.79 Å². The summed E-state index contributed by atoms with van der Waals surface area (Å²) in [5.41, 5.74) is 1.24. The largest absolute Gasteiger partial charge is 0.497 e. The summed E-state index contributed by atoms with van der Waals surface area (Å²) in [6.07, 6.45) is 0. The molecule has 0 fully saturated rings. The molecular weight excluding hydrogens is 330 g/mol. The Bertz CT molecular complexity index is 680. The van der Waals surface area contributed by atoms with Crippen LogP contribution in [0.4, 0.5) is 0 Å².